The smallest absolute Gasteiger partial charge is 0.355 e. The molecule has 3 aliphatic rings. The fraction of sp³-hybridized carbons (Fsp3) is 0.222. The van der Waals surface area contributed by atoms with Crippen LogP contribution in [0.4, 0.5) is 0 Å². The van der Waals surface area contributed by atoms with Crippen LogP contribution < -0.4 is 9.05 Å². The van der Waals surface area contributed by atoms with Crippen molar-refractivity contribution in [1.29, 1.82) is 0 Å². The molecule has 2 aromatic carbocycles. The van der Waals surface area contributed by atoms with E-state index in [1.54, 1.807) is 45.7 Å². The van der Waals surface area contributed by atoms with Gasteiger partial charge in [0.2, 0.25) is 0 Å². The van der Waals surface area contributed by atoms with Crippen molar-refractivity contribution in [2.24, 2.45) is 0 Å². The Balaban J connectivity index is 1.44. The molecule has 0 N–H and O–H groups in total. The lowest BCUT2D eigenvalue weighted by molar-refractivity contribution is 0.0725. The fourth-order valence-corrected chi connectivity index (χ4v) is 5.83. The summed E-state index contributed by atoms with van der Waals surface area (Å²) in [6, 6.07) is 14.2. The van der Waals surface area contributed by atoms with Gasteiger partial charge in [0, 0.05) is 13.1 Å². The number of benzene rings is 2. The van der Waals surface area contributed by atoms with Crippen LogP contribution in [0, 0.1) is 0 Å². The minimum atomic E-state index is -1.60. The molecule has 0 bridgehead atoms. The molecule has 3 aliphatic heterocycles. The van der Waals surface area contributed by atoms with Crippen LogP contribution in [-0.4, -0.2) is 47.5 Å². The predicted molar refractivity (Wildman–Crippen MR) is 102 cm³/mol. The third-order valence-corrected chi connectivity index (χ3v) is 7.53. The van der Waals surface area contributed by atoms with Crippen LogP contribution in [0.25, 0.3) is 0 Å². The Kier molecular flexibility index (Phi) is 4.65. The average Bonchev–Trinajstić information content (AvgIpc) is 2.72. The SMILES string of the molecule is O=C1c2ccccc2OP2OCCOP3Oc4ccccc4C(=O)N3CCN12. The second-order valence-electron chi connectivity index (χ2n) is 6.17. The van der Waals surface area contributed by atoms with E-state index in [4.69, 9.17) is 18.1 Å². The molecule has 1 saturated heterocycles. The molecule has 0 saturated carbocycles. The first kappa shape index (κ1) is 17.8. The molecule has 10 heteroatoms. The third kappa shape index (κ3) is 3.03. The van der Waals surface area contributed by atoms with Gasteiger partial charge in [0.1, 0.15) is 11.5 Å². The third-order valence-electron chi connectivity index (χ3n) is 4.46. The molecule has 2 aromatic rings. The molecule has 1 fully saturated rings. The number of nitrogens with zero attached hydrogens (tertiary/aromatic N) is 2. The van der Waals surface area contributed by atoms with Crippen LogP contribution in [0.5, 0.6) is 11.5 Å². The monoisotopic (exact) mass is 418 g/mol. The Hall–Kier alpha value is -2.24. The standard InChI is InChI=1S/C18H16N2O6P2/c21-17-13-5-1-3-7-15(13)25-27-19(17)9-10-20-18(22)14-6-2-4-8-16(14)26-28(20)24-12-11-23-27/h1-8H,9-12H2. The number of rotatable bonds is 0. The van der Waals surface area contributed by atoms with Gasteiger partial charge in [-0.2, -0.15) is 0 Å². The van der Waals surface area contributed by atoms with Crippen LogP contribution in [0.15, 0.2) is 48.5 Å². The van der Waals surface area contributed by atoms with Crippen molar-refractivity contribution in [2.75, 3.05) is 26.3 Å². The van der Waals surface area contributed by atoms with Crippen molar-refractivity contribution in [1.82, 2.24) is 9.34 Å². The lowest BCUT2D eigenvalue weighted by atomic mass is 10.2. The zero-order valence-electron chi connectivity index (χ0n) is 14.7. The highest BCUT2D eigenvalue weighted by atomic mass is 31.2. The van der Waals surface area contributed by atoms with Crippen molar-refractivity contribution in [3.05, 3.63) is 59.7 Å². The van der Waals surface area contributed by atoms with Crippen molar-refractivity contribution in [3.63, 3.8) is 0 Å². The lowest BCUT2D eigenvalue weighted by Gasteiger charge is -2.39. The molecule has 5 rings (SSSR count). The molecular formula is C18H16N2O6P2. The quantitative estimate of drug-likeness (QED) is 0.609. The van der Waals surface area contributed by atoms with Gasteiger partial charge >= 0.3 is 17.1 Å². The van der Waals surface area contributed by atoms with E-state index >= 15 is 0 Å². The normalized spacial score (nSPS) is 24.1. The van der Waals surface area contributed by atoms with Gasteiger partial charge in [-0.3, -0.25) is 18.9 Å². The molecule has 0 aromatic heterocycles. The van der Waals surface area contributed by atoms with Gasteiger partial charge in [0.25, 0.3) is 11.8 Å². The minimum absolute atomic E-state index is 0.162. The molecule has 2 unspecified atom stereocenters. The molecule has 2 amide bonds. The Morgan fingerprint density at radius 1 is 0.679 bits per heavy atom. The van der Waals surface area contributed by atoms with E-state index in [2.05, 4.69) is 0 Å². The number of hydrogen-bond acceptors (Lipinski definition) is 6. The molecule has 144 valence electrons. The Bertz CT molecular complexity index is 866. The van der Waals surface area contributed by atoms with Gasteiger partial charge in [-0.25, -0.2) is 0 Å². The number of hydrogen-bond donors (Lipinski definition) is 0. The van der Waals surface area contributed by atoms with Gasteiger partial charge in [-0.15, -0.1) is 0 Å². The number of carbonyl (C=O) groups excluding carboxylic acids is 2. The first-order chi connectivity index (χ1) is 13.7. The summed E-state index contributed by atoms with van der Waals surface area (Å²) in [5, 5.41) is 0. The van der Waals surface area contributed by atoms with Gasteiger partial charge < -0.3 is 18.1 Å². The maximum absolute atomic E-state index is 13.0. The van der Waals surface area contributed by atoms with Crippen molar-refractivity contribution in [3.8, 4) is 11.5 Å². The summed E-state index contributed by atoms with van der Waals surface area (Å²) >= 11 is 0. The number of amides is 2. The van der Waals surface area contributed by atoms with Gasteiger partial charge in [-0.1, -0.05) is 24.3 Å². The molecule has 0 spiro atoms. The summed E-state index contributed by atoms with van der Waals surface area (Å²) in [5.74, 6) is 0.705. The first-order valence-corrected chi connectivity index (χ1v) is 11.0. The number of para-hydroxylation sites is 2. The highest BCUT2D eigenvalue weighted by molar-refractivity contribution is 7.46. The average molecular weight is 418 g/mol. The number of carbonyl (C=O) groups is 2. The topological polar surface area (TPSA) is 77.5 Å². The van der Waals surface area contributed by atoms with E-state index in [1.165, 1.54) is 0 Å². The van der Waals surface area contributed by atoms with Gasteiger partial charge in [-0.05, 0) is 24.3 Å². The highest BCUT2D eigenvalue weighted by Crippen LogP contribution is 2.53. The summed E-state index contributed by atoms with van der Waals surface area (Å²) < 4.78 is 26.6. The summed E-state index contributed by atoms with van der Waals surface area (Å²) in [7, 11) is -3.21. The highest BCUT2D eigenvalue weighted by Gasteiger charge is 2.41. The maximum atomic E-state index is 13.0. The molecule has 0 radical (unpaired) electrons. The second kappa shape index (κ2) is 7.30. The lowest BCUT2D eigenvalue weighted by Crippen LogP contribution is -2.42. The summed E-state index contributed by atoms with van der Waals surface area (Å²) in [4.78, 5) is 26.0. The zero-order valence-corrected chi connectivity index (χ0v) is 16.5. The van der Waals surface area contributed by atoms with E-state index in [0.29, 0.717) is 22.6 Å². The maximum Gasteiger partial charge on any atom is 0.355 e. The minimum Gasteiger partial charge on any atom is -0.431 e. The molecule has 0 aliphatic carbocycles. The van der Waals surface area contributed by atoms with Crippen LogP contribution in [0.1, 0.15) is 20.7 Å². The molecule has 8 nitrogen and oxygen atoms in total. The Morgan fingerprint density at radius 3 is 1.57 bits per heavy atom. The van der Waals surface area contributed by atoms with E-state index in [-0.39, 0.29) is 38.1 Å². The molecule has 28 heavy (non-hydrogen) atoms. The largest absolute Gasteiger partial charge is 0.431 e. The molecule has 2 atom stereocenters. The van der Waals surface area contributed by atoms with E-state index in [1.807, 2.05) is 12.1 Å². The van der Waals surface area contributed by atoms with Crippen LogP contribution in [0.3, 0.4) is 0 Å². The van der Waals surface area contributed by atoms with E-state index in [0.717, 1.165) is 0 Å². The summed E-state index contributed by atoms with van der Waals surface area (Å²) in [6.45, 7) is 0.976. The van der Waals surface area contributed by atoms with Gasteiger partial charge in [0.05, 0.1) is 24.3 Å². The van der Waals surface area contributed by atoms with Gasteiger partial charge in [0.15, 0.2) is 0 Å². The first-order valence-electron chi connectivity index (χ1n) is 8.76. The number of fused-ring (bicyclic) bond motifs is 4. The second-order valence-corrected chi connectivity index (χ2v) is 8.97. The van der Waals surface area contributed by atoms with Crippen LogP contribution in [-0.2, 0) is 9.05 Å². The van der Waals surface area contributed by atoms with E-state index in [9.17, 15) is 9.59 Å². The zero-order chi connectivity index (χ0) is 19.1. The molecular weight excluding hydrogens is 402 g/mol. The predicted octanol–water partition coefficient (Wildman–Crippen LogP) is 3.56. The van der Waals surface area contributed by atoms with E-state index < -0.39 is 17.1 Å². The fourth-order valence-electron chi connectivity index (χ4n) is 3.12. The summed E-state index contributed by atoms with van der Waals surface area (Å²) in [6.07, 6.45) is 0. The molecule has 3 heterocycles. The Labute approximate surface area is 163 Å². The Morgan fingerprint density at radius 2 is 1.11 bits per heavy atom. The summed E-state index contributed by atoms with van der Waals surface area (Å²) in [5.41, 5.74) is 0.985. The van der Waals surface area contributed by atoms with Crippen LogP contribution >= 0.6 is 17.1 Å². The van der Waals surface area contributed by atoms with Crippen LogP contribution in [0.2, 0.25) is 0 Å². The van der Waals surface area contributed by atoms with Crippen molar-refractivity contribution in [2.45, 2.75) is 0 Å². The van der Waals surface area contributed by atoms with Crippen molar-refractivity contribution >= 4 is 28.9 Å². The van der Waals surface area contributed by atoms with Crippen molar-refractivity contribution < 1.29 is 27.7 Å².